The van der Waals surface area contributed by atoms with Gasteiger partial charge >= 0.3 is 0 Å². The standard InChI is InChI=1S/C11H15BrN2O2S/c12-10-3-1-2-4-11(10)17(15,16)14-8-7-13-9-5-6-9/h1-4,9,13-14H,5-8H2. The monoisotopic (exact) mass is 318 g/mol. The summed E-state index contributed by atoms with van der Waals surface area (Å²) in [4.78, 5) is 0.284. The van der Waals surface area contributed by atoms with E-state index >= 15 is 0 Å². The van der Waals surface area contributed by atoms with Gasteiger partial charge in [-0.25, -0.2) is 13.1 Å². The molecular formula is C11H15BrN2O2S. The summed E-state index contributed by atoms with van der Waals surface area (Å²) in [6, 6.07) is 7.40. The molecule has 94 valence electrons. The predicted octanol–water partition coefficient (Wildman–Crippen LogP) is 1.48. The van der Waals surface area contributed by atoms with E-state index in [-0.39, 0.29) is 4.90 Å². The average molecular weight is 319 g/mol. The fourth-order valence-corrected chi connectivity index (χ4v) is 3.52. The van der Waals surface area contributed by atoms with E-state index in [0.717, 1.165) is 0 Å². The van der Waals surface area contributed by atoms with Crippen LogP contribution in [0.25, 0.3) is 0 Å². The molecule has 2 rings (SSSR count). The van der Waals surface area contributed by atoms with Crippen molar-refractivity contribution in [2.24, 2.45) is 0 Å². The number of hydrogen-bond acceptors (Lipinski definition) is 3. The molecule has 1 fully saturated rings. The van der Waals surface area contributed by atoms with Crippen LogP contribution >= 0.6 is 15.9 Å². The second-order valence-corrected chi connectivity index (χ2v) is 6.65. The summed E-state index contributed by atoms with van der Waals surface area (Å²) in [7, 11) is -3.41. The Labute approximate surface area is 110 Å². The molecule has 0 heterocycles. The highest BCUT2D eigenvalue weighted by Crippen LogP contribution is 2.20. The first-order chi connectivity index (χ1) is 8.09. The van der Waals surface area contributed by atoms with Crippen LogP contribution in [0.5, 0.6) is 0 Å². The lowest BCUT2D eigenvalue weighted by Crippen LogP contribution is -2.32. The van der Waals surface area contributed by atoms with Gasteiger partial charge in [0.2, 0.25) is 10.0 Å². The fraction of sp³-hybridized carbons (Fsp3) is 0.455. The van der Waals surface area contributed by atoms with Gasteiger partial charge < -0.3 is 5.32 Å². The van der Waals surface area contributed by atoms with Crippen molar-refractivity contribution in [2.75, 3.05) is 13.1 Å². The van der Waals surface area contributed by atoms with Crippen LogP contribution in [0.4, 0.5) is 0 Å². The first kappa shape index (κ1) is 13.0. The zero-order chi connectivity index (χ0) is 12.3. The molecule has 2 N–H and O–H groups in total. The third-order valence-electron chi connectivity index (χ3n) is 2.55. The minimum absolute atomic E-state index is 0.284. The number of hydrogen-bond donors (Lipinski definition) is 2. The Hall–Kier alpha value is -0.430. The molecule has 0 unspecified atom stereocenters. The van der Waals surface area contributed by atoms with Crippen LogP contribution in [0.2, 0.25) is 0 Å². The van der Waals surface area contributed by atoms with Gasteiger partial charge in [-0.1, -0.05) is 12.1 Å². The summed E-state index contributed by atoms with van der Waals surface area (Å²) in [5.41, 5.74) is 0. The van der Waals surface area contributed by atoms with E-state index in [1.165, 1.54) is 12.8 Å². The van der Waals surface area contributed by atoms with E-state index in [1.54, 1.807) is 24.3 Å². The predicted molar refractivity (Wildman–Crippen MR) is 70.4 cm³/mol. The van der Waals surface area contributed by atoms with Gasteiger partial charge in [-0.2, -0.15) is 0 Å². The molecule has 0 bridgehead atoms. The molecule has 0 radical (unpaired) electrons. The van der Waals surface area contributed by atoms with E-state index in [4.69, 9.17) is 0 Å². The summed E-state index contributed by atoms with van der Waals surface area (Å²) in [6.07, 6.45) is 2.41. The van der Waals surface area contributed by atoms with Gasteiger partial charge in [0.1, 0.15) is 0 Å². The van der Waals surface area contributed by atoms with Crippen molar-refractivity contribution >= 4 is 26.0 Å². The smallest absolute Gasteiger partial charge is 0.241 e. The lowest BCUT2D eigenvalue weighted by Gasteiger charge is -2.08. The summed E-state index contributed by atoms with van der Waals surface area (Å²) in [6.45, 7) is 1.09. The third kappa shape index (κ3) is 3.77. The number of sulfonamides is 1. The topological polar surface area (TPSA) is 58.2 Å². The molecule has 0 spiro atoms. The molecule has 0 aliphatic heterocycles. The van der Waals surface area contributed by atoms with Crippen LogP contribution in [0, 0.1) is 0 Å². The summed E-state index contributed by atoms with van der Waals surface area (Å²) >= 11 is 3.24. The summed E-state index contributed by atoms with van der Waals surface area (Å²) < 4.78 is 27.1. The number of halogens is 1. The number of rotatable bonds is 6. The maximum Gasteiger partial charge on any atom is 0.241 e. The molecule has 1 aliphatic carbocycles. The fourth-order valence-electron chi connectivity index (χ4n) is 1.49. The molecule has 17 heavy (non-hydrogen) atoms. The molecule has 0 amide bonds. The van der Waals surface area contributed by atoms with Crippen LogP contribution in [0.15, 0.2) is 33.6 Å². The Balaban J connectivity index is 1.91. The van der Waals surface area contributed by atoms with Crippen LogP contribution in [-0.2, 0) is 10.0 Å². The van der Waals surface area contributed by atoms with Gasteiger partial charge in [-0.3, -0.25) is 0 Å². The molecule has 1 saturated carbocycles. The van der Waals surface area contributed by atoms with Crippen molar-refractivity contribution in [3.05, 3.63) is 28.7 Å². The Morgan fingerprint density at radius 3 is 2.59 bits per heavy atom. The summed E-state index contributed by atoms with van der Waals surface area (Å²) in [5.74, 6) is 0. The van der Waals surface area contributed by atoms with Gasteiger partial charge in [0.15, 0.2) is 0 Å². The zero-order valence-electron chi connectivity index (χ0n) is 9.32. The molecule has 0 saturated heterocycles. The minimum Gasteiger partial charge on any atom is -0.313 e. The van der Waals surface area contributed by atoms with Crippen molar-refractivity contribution in [3.8, 4) is 0 Å². The van der Waals surface area contributed by atoms with Gasteiger partial charge in [-0.15, -0.1) is 0 Å². The van der Waals surface area contributed by atoms with E-state index in [9.17, 15) is 8.42 Å². The lowest BCUT2D eigenvalue weighted by atomic mass is 10.4. The minimum atomic E-state index is -3.41. The quantitative estimate of drug-likeness (QED) is 0.781. The highest BCUT2D eigenvalue weighted by atomic mass is 79.9. The van der Waals surface area contributed by atoms with Gasteiger partial charge in [-0.05, 0) is 40.9 Å². The van der Waals surface area contributed by atoms with Crippen molar-refractivity contribution in [3.63, 3.8) is 0 Å². The Bertz CT molecular complexity index is 486. The van der Waals surface area contributed by atoms with Crippen LogP contribution in [0.1, 0.15) is 12.8 Å². The zero-order valence-corrected chi connectivity index (χ0v) is 11.7. The largest absolute Gasteiger partial charge is 0.313 e. The molecule has 0 atom stereocenters. The first-order valence-corrected chi connectivity index (χ1v) is 7.85. The van der Waals surface area contributed by atoms with Crippen molar-refractivity contribution in [1.82, 2.24) is 10.0 Å². The van der Waals surface area contributed by atoms with E-state index < -0.39 is 10.0 Å². The van der Waals surface area contributed by atoms with Gasteiger partial charge in [0.25, 0.3) is 0 Å². The van der Waals surface area contributed by atoms with Gasteiger partial charge in [0.05, 0.1) is 4.90 Å². The number of benzene rings is 1. The SMILES string of the molecule is O=S(=O)(NCCNC1CC1)c1ccccc1Br. The molecule has 1 aromatic carbocycles. The molecule has 4 nitrogen and oxygen atoms in total. The van der Waals surface area contributed by atoms with Crippen LogP contribution in [0.3, 0.4) is 0 Å². The van der Waals surface area contributed by atoms with Crippen molar-refractivity contribution in [2.45, 2.75) is 23.8 Å². The Morgan fingerprint density at radius 1 is 1.24 bits per heavy atom. The maximum atomic E-state index is 11.9. The first-order valence-electron chi connectivity index (χ1n) is 5.57. The maximum absolute atomic E-state index is 11.9. The molecule has 0 aromatic heterocycles. The van der Waals surface area contributed by atoms with E-state index in [0.29, 0.717) is 23.6 Å². The van der Waals surface area contributed by atoms with Crippen LogP contribution in [-0.4, -0.2) is 27.5 Å². The normalized spacial score (nSPS) is 16.1. The summed E-state index contributed by atoms with van der Waals surface area (Å²) in [5, 5.41) is 3.26. The average Bonchev–Trinajstić information content (AvgIpc) is 3.09. The van der Waals surface area contributed by atoms with Gasteiger partial charge in [0, 0.05) is 23.6 Å². The Kier molecular flexibility index (Phi) is 4.19. The second-order valence-electron chi connectivity index (χ2n) is 4.06. The highest BCUT2D eigenvalue weighted by Gasteiger charge is 2.20. The molecule has 1 aromatic rings. The third-order valence-corrected chi connectivity index (χ3v) is 5.03. The molecule has 1 aliphatic rings. The lowest BCUT2D eigenvalue weighted by molar-refractivity contribution is 0.575. The molecule has 6 heteroatoms. The van der Waals surface area contributed by atoms with E-state index in [2.05, 4.69) is 26.0 Å². The highest BCUT2D eigenvalue weighted by molar-refractivity contribution is 9.10. The number of nitrogens with one attached hydrogen (secondary N) is 2. The Morgan fingerprint density at radius 2 is 1.94 bits per heavy atom. The van der Waals surface area contributed by atoms with E-state index in [1.807, 2.05) is 0 Å². The molecular weight excluding hydrogens is 304 g/mol. The van der Waals surface area contributed by atoms with Crippen molar-refractivity contribution in [1.29, 1.82) is 0 Å². The van der Waals surface area contributed by atoms with Crippen molar-refractivity contribution < 1.29 is 8.42 Å². The van der Waals surface area contributed by atoms with Crippen LogP contribution < -0.4 is 10.0 Å². The second kappa shape index (κ2) is 5.48.